The van der Waals surface area contributed by atoms with Gasteiger partial charge in [-0.25, -0.2) is 0 Å². The molecule has 0 aliphatic heterocycles. The van der Waals surface area contributed by atoms with Gasteiger partial charge in [-0.3, -0.25) is 0 Å². The van der Waals surface area contributed by atoms with Crippen LogP contribution in [0.3, 0.4) is 0 Å². The van der Waals surface area contributed by atoms with E-state index in [2.05, 4.69) is 121 Å². The van der Waals surface area contributed by atoms with Crippen molar-refractivity contribution in [2.24, 2.45) is 0 Å². The molecule has 30 heavy (non-hydrogen) atoms. The average Bonchev–Trinajstić information content (AvgIpc) is 2.82. The van der Waals surface area contributed by atoms with Crippen molar-refractivity contribution >= 4 is 42.6 Å². The molecule has 0 fully saturated rings. The Morgan fingerprint density at radius 3 is 1.27 bits per heavy atom. The molecule has 0 aromatic heterocycles. The van der Waals surface area contributed by atoms with Gasteiger partial charge in [-0.05, 0) is 0 Å². The number of rotatable bonds is 8. The summed E-state index contributed by atoms with van der Waals surface area (Å²) in [7, 11) is -1.66. The van der Waals surface area contributed by atoms with Crippen molar-refractivity contribution in [3.63, 3.8) is 0 Å². The van der Waals surface area contributed by atoms with Crippen molar-refractivity contribution < 1.29 is 17.0 Å². The zero-order chi connectivity index (χ0) is 19.8. The summed E-state index contributed by atoms with van der Waals surface area (Å²) in [6.45, 7) is 0. The third kappa shape index (κ3) is 5.32. The molecule has 4 rings (SSSR count). The second-order valence-corrected chi connectivity index (χ2v) is 13.1. The molecule has 0 aliphatic rings. The predicted molar refractivity (Wildman–Crippen MR) is 131 cm³/mol. The Hall–Kier alpha value is -1.69. The molecule has 0 unspecified atom stereocenters. The molecule has 0 atom stereocenters. The Morgan fingerprint density at radius 2 is 0.867 bits per heavy atom. The molecule has 3 heteroatoms. The van der Waals surface area contributed by atoms with Crippen LogP contribution >= 0.6 is 7.26 Å². The van der Waals surface area contributed by atoms with Gasteiger partial charge in [0, 0.05) is 0 Å². The van der Waals surface area contributed by atoms with Crippen LogP contribution in [0.1, 0.15) is 6.42 Å². The van der Waals surface area contributed by atoms with Gasteiger partial charge in [-0.2, -0.15) is 0 Å². The molecule has 0 nitrogen and oxygen atoms in total. The molecule has 0 aliphatic carbocycles. The minimum absolute atomic E-state index is 0. The maximum atomic E-state index is 2.34. The van der Waals surface area contributed by atoms with Crippen molar-refractivity contribution in [3.05, 3.63) is 121 Å². The SMILES string of the molecule is [Br-].c1ccc([Se]CCC[P+](c2ccccc2)(c2ccccc2)c2ccccc2)cc1. The van der Waals surface area contributed by atoms with Crippen molar-refractivity contribution in [2.45, 2.75) is 11.7 Å². The summed E-state index contributed by atoms with van der Waals surface area (Å²) >= 11 is 0.543. The Labute approximate surface area is 198 Å². The van der Waals surface area contributed by atoms with Gasteiger partial charge in [0.25, 0.3) is 0 Å². The molecule has 0 amide bonds. The minimum atomic E-state index is -1.66. The van der Waals surface area contributed by atoms with Crippen molar-refractivity contribution in [2.75, 3.05) is 6.16 Å². The Bertz CT molecular complexity index is 895. The van der Waals surface area contributed by atoms with E-state index in [0.717, 1.165) is 0 Å². The van der Waals surface area contributed by atoms with E-state index in [1.807, 2.05) is 0 Å². The van der Waals surface area contributed by atoms with E-state index in [1.165, 1.54) is 38.3 Å². The third-order valence-electron chi connectivity index (χ3n) is 5.24. The van der Waals surface area contributed by atoms with Gasteiger partial charge in [0.15, 0.2) is 0 Å². The summed E-state index contributed by atoms with van der Waals surface area (Å²) in [4.78, 5) is 0. The van der Waals surface area contributed by atoms with E-state index >= 15 is 0 Å². The van der Waals surface area contributed by atoms with Crippen molar-refractivity contribution in [1.82, 2.24) is 0 Å². The van der Waals surface area contributed by atoms with Gasteiger partial charge in [0.05, 0.1) is 0 Å². The summed E-state index contributed by atoms with van der Waals surface area (Å²) in [5.74, 6) is 0. The van der Waals surface area contributed by atoms with E-state index in [0.29, 0.717) is 15.0 Å². The topological polar surface area (TPSA) is 0 Å². The third-order valence-corrected chi connectivity index (χ3v) is 12.1. The Balaban J connectivity index is 0.00000256. The molecule has 0 heterocycles. The molecule has 152 valence electrons. The molecule has 0 saturated carbocycles. The van der Waals surface area contributed by atoms with Crippen LogP contribution < -0.4 is 37.4 Å². The van der Waals surface area contributed by atoms with E-state index < -0.39 is 7.26 Å². The zero-order valence-electron chi connectivity index (χ0n) is 16.9. The van der Waals surface area contributed by atoms with E-state index in [-0.39, 0.29) is 17.0 Å². The van der Waals surface area contributed by atoms with E-state index in [1.54, 1.807) is 0 Å². The summed E-state index contributed by atoms with van der Waals surface area (Å²) in [6, 6.07) is 44.6. The molecule has 0 N–H and O–H groups in total. The van der Waals surface area contributed by atoms with Gasteiger partial charge in [0.1, 0.15) is 0 Å². The van der Waals surface area contributed by atoms with Crippen molar-refractivity contribution in [3.8, 4) is 0 Å². The molecule has 0 bridgehead atoms. The first-order valence-electron chi connectivity index (χ1n) is 10.1. The molecule has 4 aromatic rings. The van der Waals surface area contributed by atoms with Gasteiger partial charge in [-0.15, -0.1) is 0 Å². The predicted octanol–water partition coefficient (Wildman–Crippen LogP) is 1.82. The van der Waals surface area contributed by atoms with Gasteiger partial charge < -0.3 is 17.0 Å². The second-order valence-electron chi connectivity index (χ2n) is 7.06. The first-order valence-corrected chi connectivity index (χ1v) is 14.2. The standard InChI is InChI=1S/C27H26PSe.BrH/c1-5-14-24(15-6-1)28(25-16-7-2-8-17-25,26-18-9-3-10-19-26)22-13-23-29-27-20-11-4-12-21-27;/h1-12,14-21H,13,22-23H2;1H/q+1;/p-1. The molecule has 0 spiro atoms. The molecular formula is C27H26BrPSe. The molecule has 4 aromatic carbocycles. The van der Waals surface area contributed by atoms with Crippen LogP contribution in [0.15, 0.2) is 121 Å². The van der Waals surface area contributed by atoms with Gasteiger partial charge in [0.2, 0.25) is 0 Å². The molecule has 0 saturated heterocycles. The van der Waals surface area contributed by atoms with Crippen LogP contribution in [0, 0.1) is 0 Å². The first kappa shape index (κ1) is 23.0. The second kappa shape index (κ2) is 11.6. The quantitative estimate of drug-likeness (QED) is 0.182. The Morgan fingerprint density at radius 1 is 0.500 bits per heavy atom. The Kier molecular flexibility index (Phi) is 8.91. The fourth-order valence-corrected chi connectivity index (χ4v) is 10.5. The number of hydrogen-bond donors (Lipinski definition) is 0. The molecular weight excluding hydrogens is 514 g/mol. The van der Waals surface area contributed by atoms with Crippen LogP contribution in [0.5, 0.6) is 0 Å². The summed E-state index contributed by atoms with van der Waals surface area (Å²) in [6.07, 6.45) is 2.47. The van der Waals surface area contributed by atoms with Crippen LogP contribution in [-0.4, -0.2) is 21.1 Å². The van der Waals surface area contributed by atoms with Gasteiger partial charge >= 0.3 is 182 Å². The summed E-state index contributed by atoms with van der Waals surface area (Å²) in [5, 5.41) is 5.75. The normalized spacial score (nSPS) is 10.9. The zero-order valence-corrected chi connectivity index (χ0v) is 21.1. The number of benzene rings is 4. The fraction of sp³-hybridized carbons (Fsp3) is 0.111. The average molecular weight is 540 g/mol. The van der Waals surface area contributed by atoms with Crippen LogP contribution in [-0.2, 0) is 0 Å². The van der Waals surface area contributed by atoms with Crippen molar-refractivity contribution in [1.29, 1.82) is 0 Å². The monoisotopic (exact) mass is 540 g/mol. The molecule has 0 radical (unpaired) electrons. The summed E-state index contributed by atoms with van der Waals surface area (Å²) in [5.41, 5.74) is 0. The summed E-state index contributed by atoms with van der Waals surface area (Å²) < 4.78 is 1.50. The van der Waals surface area contributed by atoms with Crippen LogP contribution in [0.2, 0.25) is 5.32 Å². The van der Waals surface area contributed by atoms with Crippen LogP contribution in [0.4, 0.5) is 0 Å². The fourth-order valence-electron chi connectivity index (χ4n) is 3.89. The maximum absolute atomic E-state index is 2.34. The number of hydrogen-bond acceptors (Lipinski definition) is 0. The van der Waals surface area contributed by atoms with Gasteiger partial charge in [-0.1, -0.05) is 0 Å². The first-order chi connectivity index (χ1) is 14.4. The van der Waals surface area contributed by atoms with E-state index in [4.69, 9.17) is 0 Å². The van der Waals surface area contributed by atoms with E-state index in [9.17, 15) is 0 Å². The number of halogens is 1. The van der Waals surface area contributed by atoms with Crippen LogP contribution in [0.25, 0.3) is 0 Å².